The second-order valence-corrected chi connectivity index (χ2v) is 10.3. The molecule has 2 aromatic heterocycles. The van der Waals surface area contributed by atoms with Crippen molar-refractivity contribution in [2.45, 2.75) is 59.0 Å². The maximum atomic E-state index is 13.9. The molecule has 0 bridgehead atoms. The molecule has 2 aromatic rings. The Labute approximate surface area is 201 Å². The van der Waals surface area contributed by atoms with Crippen LogP contribution in [0.2, 0.25) is 0 Å². The Bertz CT molecular complexity index is 968. The highest BCUT2D eigenvalue weighted by Crippen LogP contribution is 2.26. The maximum Gasteiger partial charge on any atom is 0.310 e. The average Bonchev–Trinajstić information content (AvgIpc) is 3.33. The van der Waals surface area contributed by atoms with E-state index in [0.717, 1.165) is 5.76 Å². The van der Waals surface area contributed by atoms with Gasteiger partial charge in [-0.25, -0.2) is 9.97 Å². The lowest BCUT2D eigenvalue weighted by Gasteiger charge is -2.38. The van der Waals surface area contributed by atoms with Crippen LogP contribution in [0.4, 0.5) is 5.82 Å². The minimum atomic E-state index is -0.290. The first-order valence-corrected chi connectivity index (χ1v) is 11.8. The highest BCUT2D eigenvalue weighted by atomic mass is 16.5. The molecule has 1 aliphatic heterocycles. The van der Waals surface area contributed by atoms with E-state index < -0.39 is 0 Å². The maximum absolute atomic E-state index is 13.9. The van der Waals surface area contributed by atoms with Gasteiger partial charge in [0, 0.05) is 37.3 Å². The van der Waals surface area contributed by atoms with Crippen LogP contribution in [0.1, 0.15) is 63.0 Å². The molecule has 1 saturated heterocycles. The molecule has 3 heterocycles. The van der Waals surface area contributed by atoms with Gasteiger partial charge in [-0.15, -0.1) is 0 Å². The molecular weight excluding hydrogens is 434 g/mol. The Balaban J connectivity index is 1.93. The number of esters is 1. The summed E-state index contributed by atoms with van der Waals surface area (Å²) in [5, 5.41) is 6.57. The molecule has 0 aliphatic carbocycles. The van der Waals surface area contributed by atoms with Crippen molar-refractivity contribution in [3.63, 3.8) is 0 Å². The lowest BCUT2D eigenvalue weighted by atomic mass is 9.93. The van der Waals surface area contributed by atoms with E-state index in [-0.39, 0.29) is 35.2 Å². The smallest absolute Gasteiger partial charge is 0.310 e. The second-order valence-electron chi connectivity index (χ2n) is 10.3. The zero-order valence-electron chi connectivity index (χ0n) is 21.1. The first-order chi connectivity index (χ1) is 16.1. The van der Waals surface area contributed by atoms with Crippen molar-refractivity contribution in [2.24, 2.45) is 11.8 Å². The fourth-order valence-corrected chi connectivity index (χ4v) is 4.07. The third-order valence-electron chi connectivity index (χ3n) is 5.83. The summed E-state index contributed by atoms with van der Waals surface area (Å²) in [5.41, 5.74) is 0.127. The van der Waals surface area contributed by atoms with Crippen LogP contribution in [0, 0.1) is 11.8 Å². The van der Waals surface area contributed by atoms with Crippen molar-refractivity contribution < 1.29 is 18.7 Å². The molecule has 0 spiro atoms. The van der Waals surface area contributed by atoms with Crippen molar-refractivity contribution in [3.8, 4) is 0 Å². The predicted molar refractivity (Wildman–Crippen MR) is 129 cm³/mol. The molecule has 1 fully saturated rings. The molecule has 0 radical (unpaired) electrons. The van der Waals surface area contributed by atoms with Gasteiger partial charge in [0.05, 0.1) is 25.8 Å². The van der Waals surface area contributed by atoms with E-state index in [1.54, 1.807) is 12.5 Å². The van der Waals surface area contributed by atoms with Gasteiger partial charge in [0.2, 0.25) is 0 Å². The summed E-state index contributed by atoms with van der Waals surface area (Å²) in [5.74, 6) is 1.40. The molecule has 9 heteroatoms. The summed E-state index contributed by atoms with van der Waals surface area (Å²) in [4.78, 5) is 37.2. The topological polar surface area (TPSA) is 110 Å². The Morgan fingerprint density at radius 1 is 1.32 bits per heavy atom. The van der Waals surface area contributed by atoms with Gasteiger partial charge in [-0.1, -0.05) is 34.6 Å². The van der Waals surface area contributed by atoms with Gasteiger partial charge in [-0.2, -0.15) is 0 Å². The van der Waals surface area contributed by atoms with Gasteiger partial charge >= 0.3 is 5.97 Å². The Kier molecular flexibility index (Phi) is 8.30. The molecular formula is C25H37N5O4. The summed E-state index contributed by atoms with van der Waals surface area (Å²) in [6.07, 6.45) is 3.78. The number of ether oxygens (including phenoxy) is 1. The lowest BCUT2D eigenvalue weighted by molar-refractivity contribution is -0.146. The molecule has 0 saturated carbocycles. The molecule has 2 N–H and O–H groups in total. The largest absolute Gasteiger partial charge is 0.469 e. The number of carbonyl (C=O) groups excluding carboxylic acids is 2. The summed E-state index contributed by atoms with van der Waals surface area (Å²) < 4.78 is 10.4. The summed E-state index contributed by atoms with van der Waals surface area (Å²) in [6.45, 7) is 12.4. The fourth-order valence-electron chi connectivity index (χ4n) is 4.07. The van der Waals surface area contributed by atoms with Crippen LogP contribution in [0.15, 0.2) is 29.0 Å². The number of furan rings is 1. The second kappa shape index (κ2) is 11.0. The Morgan fingerprint density at radius 3 is 2.71 bits per heavy atom. The van der Waals surface area contributed by atoms with E-state index in [2.05, 4.69) is 29.5 Å². The van der Waals surface area contributed by atoms with Gasteiger partial charge < -0.3 is 24.7 Å². The molecule has 0 aromatic carbocycles. The number of amides is 1. The molecule has 2 atom stereocenters. The highest BCUT2D eigenvalue weighted by Gasteiger charge is 2.35. The van der Waals surface area contributed by atoms with Crippen molar-refractivity contribution in [1.29, 1.82) is 0 Å². The first kappa shape index (κ1) is 25.7. The molecule has 2 unspecified atom stereocenters. The van der Waals surface area contributed by atoms with Crippen LogP contribution in [0.3, 0.4) is 0 Å². The monoisotopic (exact) mass is 471 g/mol. The van der Waals surface area contributed by atoms with Crippen LogP contribution in [-0.2, 0) is 21.5 Å². The number of methoxy groups -OCH3 is 1. The average molecular weight is 472 g/mol. The van der Waals surface area contributed by atoms with Crippen LogP contribution < -0.4 is 10.6 Å². The third kappa shape index (κ3) is 6.34. The van der Waals surface area contributed by atoms with E-state index in [9.17, 15) is 9.59 Å². The first-order valence-electron chi connectivity index (χ1n) is 11.8. The van der Waals surface area contributed by atoms with Gasteiger partial charge in [0.15, 0.2) is 0 Å². The van der Waals surface area contributed by atoms with Crippen LogP contribution in [-0.4, -0.2) is 59.5 Å². The highest BCUT2D eigenvalue weighted by molar-refractivity contribution is 5.98. The quantitative estimate of drug-likeness (QED) is 0.565. The number of nitrogens with zero attached hydrogens (tertiary/aromatic N) is 3. The minimum absolute atomic E-state index is 0.145. The number of anilines is 1. The number of hydrogen-bond acceptors (Lipinski definition) is 8. The summed E-state index contributed by atoms with van der Waals surface area (Å²) >= 11 is 0. The van der Waals surface area contributed by atoms with Gasteiger partial charge in [0.25, 0.3) is 5.91 Å². The van der Waals surface area contributed by atoms with Gasteiger partial charge in [-0.3, -0.25) is 9.59 Å². The van der Waals surface area contributed by atoms with Crippen LogP contribution in [0.25, 0.3) is 0 Å². The van der Waals surface area contributed by atoms with Crippen molar-refractivity contribution in [2.75, 3.05) is 32.1 Å². The number of aromatic nitrogens is 2. The van der Waals surface area contributed by atoms with Crippen LogP contribution in [0.5, 0.6) is 0 Å². The summed E-state index contributed by atoms with van der Waals surface area (Å²) in [7, 11) is 1.40. The third-order valence-corrected chi connectivity index (χ3v) is 5.83. The normalized spacial score (nSPS) is 18.6. The predicted octanol–water partition coefficient (Wildman–Crippen LogP) is 3.23. The number of rotatable bonds is 8. The van der Waals surface area contributed by atoms with Crippen LogP contribution >= 0.6 is 0 Å². The zero-order chi connectivity index (χ0) is 24.9. The van der Waals surface area contributed by atoms with E-state index >= 15 is 0 Å². The number of piperidine rings is 1. The molecule has 1 amide bonds. The number of carbonyl (C=O) groups is 2. The van der Waals surface area contributed by atoms with Crippen molar-refractivity contribution in [3.05, 3.63) is 41.7 Å². The molecule has 186 valence electrons. The minimum Gasteiger partial charge on any atom is -0.469 e. The molecule has 34 heavy (non-hydrogen) atoms. The molecule has 3 rings (SSSR count). The van der Waals surface area contributed by atoms with Crippen molar-refractivity contribution >= 4 is 17.7 Å². The van der Waals surface area contributed by atoms with E-state index in [1.165, 1.54) is 7.11 Å². The fraction of sp³-hybridized carbons (Fsp3) is 0.600. The molecule has 9 nitrogen and oxygen atoms in total. The van der Waals surface area contributed by atoms with Crippen molar-refractivity contribution in [1.82, 2.24) is 20.2 Å². The zero-order valence-corrected chi connectivity index (χ0v) is 21.1. The van der Waals surface area contributed by atoms with E-state index in [1.807, 2.05) is 37.8 Å². The SMILES string of the molecule is COC(=O)C1CNCC(N(CC(C)C)C(=O)c2cnc(C(C)(C)C)nc2NCc2ccco2)C1. The number of nitrogens with one attached hydrogen (secondary N) is 2. The van der Waals surface area contributed by atoms with E-state index in [0.29, 0.717) is 49.8 Å². The van der Waals surface area contributed by atoms with Gasteiger partial charge in [0.1, 0.15) is 23.0 Å². The Hall–Kier alpha value is -2.94. The molecule has 1 aliphatic rings. The number of hydrogen-bond donors (Lipinski definition) is 2. The standard InChI is InChI=1S/C25H37N5O4/c1-16(2)15-30(18-10-17(11-26-12-18)23(32)33-6)22(31)20-14-28-24(25(3,4)5)29-21(20)27-13-19-8-7-9-34-19/h7-9,14,16-18,26H,10-13,15H2,1-6H3,(H,27,28,29). The lowest BCUT2D eigenvalue weighted by Crippen LogP contribution is -2.53. The Morgan fingerprint density at radius 2 is 2.09 bits per heavy atom. The summed E-state index contributed by atoms with van der Waals surface area (Å²) in [6, 6.07) is 3.54. The van der Waals surface area contributed by atoms with Gasteiger partial charge in [-0.05, 0) is 24.5 Å². The van der Waals surface area contributed by atoms with E-state index in [4.69, 9.17) is 14.1 Å².